The largest absolute Gasteiger partial charge is 0.270 e. The molecule has 8 nitrogen and oxygen atoms in total. The molecule has 1 heterocycles. The molecule has 10 heteroatoms. The van der Waals surface area contributed by atoms with Gasteiger partial charge in [0.2, 0.25) is 5.95 Å². The number of non-ortho nitro benzene ring substituents is 1. The third-order valence-electron chi connectivity index (χ3n) is 2.18. The summed E-state index contributed by atoms with van der Waals surface area (Å²) in [5, 5.41) is 10.9. The Morgan fingerprint density at radius 2 is 1.90 bits per heavy atom. The zero-order valence-corrected chi connectivity index (χ0v) is 11.3. The van der Waals surface area contributed by atoms with Crippen molar-refractivity contribution in [3.63, 3.8) is 0 Å². The molecule has 20 heavy (non-hydrogen) atoms. The van der Waals surface area contributed by atoms with Crippen LogP contribution in [0.1, 0.15) is 0 Å². The van der Waals surface area contributed by atoms with Crippen LogP contribution in [0.25, 0.3) is 0 Å². The number of benzene rings is 1. The van der Waals surface area contributed by atoms with Gasteiger partial charge in [-0.15, -0.1) is 0 Å². The van der Waals surface area contributed by atoms with E-state index in [9.17, 15) is 18.5 Å². The Balaban J connectivity index is 2.33. The zero-order valence-electron chi connectivity index (χ0n) is 9.72. The Kier molecular flexibility index (Phi) is 3.81. The Labute approximate surface area is 118 Å². The van der Waals surface area contributed by atoms with E-state index < -0.39 is 14.9 Å². The minimum absolute atomic E-state index is 0.180. The van der Waals surface area contributed by atoms with Crippen molar-refractivity contribution in [1.82, 2.24) is 9.97 Å². The molecule has 2 rings (SSSR count). The third-order valence-corrected chi connectivity index (χ3v) is 3.71. The molecule has 0 atom stereocenters. The van der Waals surface area contributed by atoms with E-state index in [4.69, 9.17) is 11.6 Å². The molecule has 2 aromatic rings. The zero-order chi connectivity index (χ0) is 14.8. The van der Waals surface area contributed by atoms with Crippen molar-refractivity contribution in [3.05, 3.63) is 51.8 Å². The topological polar surface area (TPSA) is 115 Å². The van der Waals surface area contributed by atoms with Crippen LogP contribution in [0.3, 0.4) is 0 Å². The second-order valence-corrected chi connectivity index (χ2v) is 5.70. The van der Waals surface area contributed by atoms with E-state index in [1.54, 1.807) is 0 Å². The molecule has 0 saturated heterocycles. The molecule has 1 aromatic carbocycles. The average molecular weight is 315 g/mol. The number of nitro benzene ring substituents is 1. The van der Waals surface area contributed by atoms with Gasteiger partial charge in [0.05, 0.1) is 27.2 Å². The quantitative estimate of drug-likeness (QED) is 0.680. The summed E-state index contributed by atoms with van der Waals surface area (Å²) in [6.07, 6.45) is 2.44. The summed E-state index contributed by atoms with van der Waals surface area (Å²) < 4.78 is 26.1. The van der Waals surface area contributed by atoms with Crippen molar-refractivity contribution in [1.29, 1.82) is 0 Å². The van der Waals surface area contributed by atoms with Crippen molar-refractivity contribution < 1.29 is 13.3 Å². The summed E-state index contributed by atoms with van der Waals surface area (Å²) in [7, 11) is -4.00. The number of nitrogens with one attached hydrogen (secondary N) is 1. The van der Waals surface area contributed by atoms with Crippen LogP contribution in [-0.4, -0.2) is 23.3 Å². The van der Waals surface area contributed by atoms with E-state index in [0.29, 0.717) is 0 Å². The number of rotatable bonds is 4. The second kappa shape index (κ2) is 5.39. The summed E-state index contributed by atoms with van der Waals surface area (Å²) in [6.45, 7) is 0. The van der Waals surface area contributed by atoms with E-state index in [1.807, 2.05) is 0 Å². The van der Waals surface area contributed by atoms with Gasteiger partial charge in [0, 0.05) is 12.1 Å². The van der Waals surface area contributed by atoms with E-state index in [2.05, 4.69) is 14.7 Å². The van der Waals surface area contributed by atoms with Crippen molar-refractivity contribution in [2.75, 3.05) is 4.72 Å². The van der Waals surface area contributed by atoms with Gasteiger partial charge in [-0.05, 0) is 6.07 Å². The molecule has 0 aliphatic rings. The fourth-order valence-electron chi connectivity index (χ4n) is 1.31. The molecule has 0 bridgehead atoms. The molecule has 0 aliphatic heterocycles. The van der Waals surface area contributed by atoms with Gasteiger partial charge >= 0.3 is 0 Å². The molecule has 104 valence electrons. The first-order chi connectivity index (χ1) is 9.38. The van der Waals surface area contributed by atoms with Crippen LogP contribution in [0.2, 0.25) is 5.02 Å². The maximum Gasteiger partial charge on any atom is 0.270 e. The highest BCUT2D eigenvalue weighted by molar-refractivity contribution is 7.92. The molecule has 1 N–H and O–H groups in total. The van der Waals surface area contributed by atoms with Gasteiger partial charge in [0.15, 0.2) is 0 Å². The van der Waals surface area contributed by atoms with Crippen molar-refractivity contribution in [2.24, 2.45) is 0 Å². The fraction of sp³-hybridized carbons (Fsp3) is 0. The van der Waals surface area contributed by atoms with E-state index in [0.717, 1.165) is 6.07 Å². The molecule has 0 fully saturated rings. The fourth-order valence-corrected chi connectivity index (χ4v) is 2.40. The van der Waals surface area contributed by atoms with E-state index >= 15 is 0 Å². The molecule has 0 saturated carbocycles. The average Bonchev–Trinajstić information content (AvgIpc) is 2.41. The van der Waals surface area contributed by atoms with Gasteiger partial charge in [-0.25, -0.2) is 23.1 Å². The van der Waals surface area contributed by atoms with Crippen LogP contribution in [-0.2, 0) is 10.0 Å². The van der Waals surface area contributed by atoms with Crippen LogP contribution in [0.4, 0.5) is 11.6 Å². The molecular formula is C10H7ClN4O4S. The summed E-state index contributed by atoms with van der Waals surface area (Å²) in [5.74, 6) is -0.180. The van der Waals surface area contributed by atoms with Crippen LogP contribution in [0, 0.1) is 10.1 Å². The second-order valence-electron chi connectivity index (χ2n) is 3.58. The highest BCUT2D eigenvalue weighted by Gasteiger charge is 2.18. The van der Waals surface area contributed by atoms with Crippen molar-refractivity contribution >= 4 is 33.3 Å². The summed E-state index contributed by atoms with van der Waals surface area (Å²) in [5.41, 5.74) is -0.329. The Hall–Kier alpha value is -2.26. The van der Waals surface area contributed by atoms with Gasteiger partial charge in [-0.2, -0.15) is 0 Å². The highest BCUT2D eigenvalue weighted by atomic mass is 35.5. The molecular weight excluding hydrogens is 308 g/mol. The first-order valence-corrected chi connectivity index (χ1v) is 6.99. The van der Waals surface area contributed by atoms with Crippen molar-refractivity contribution in [3.8, 4) is 0 Å². The smallest absolute Gasteiger partial charge is 0.258 e. The maximum absolute atomic E-state index is 12.0. The molecule has 0 unspecified atom stereocenters. The molecule has 1 aromatic heterocycles. The number of nitrogens with zero attached hydrogens (tertiary/aromatic N) is 3. The lowest BCUT2D eigenvalue weighted by Gasteiger charge is -2.06. The number of nitro groups is 1. The summed E-state index contributed by atoms with van der Waals surface area (Å²) >= 11 is 5.58. The summed E-state index contributed by atoms with van der Waals surface area (Å²) in [6, 6.07) is 4.64. The number of halogens is 1. The van der Waals surface area contributed by atoms with Crippen LogP contribution in [0.15, 0.2) is 41.6 Å². The first kappa shape index (κ1) is 14.2. The van der Waals surface area contributed by atoms with Gasteiger partial charge in [0.25, 0.3) is 15.7 Å². The lowest BCUT2D eigenvalue weighted by Crippen LogP contribution is -2.15. The monoisotopic (exact) mass is 314 g/mol. The number of aromatic nitrogens is 2. The van der Waals surface area contributed by atoms with E-state index in [1.165, 1.54) is 30.6 Å². The number of sulfonamides is 1. The molecule has 0 spiro atoms. The predicted octanol–water partition coefficient (Wildman–Crippen LogP) is 1.84. The number of hydrogen-bond donors (Lipinski definition) is 1. The lowest BCUT2D eigenvalue weighted by molar-refractivity contribution is -0.385. The van der Waals surface area contributed by atoms with Crippen LogP contribution >= 0.6 is 11.6 Å². The Morgan fingerprint density at radius 3 is 2.50 bits per heavy atom. The van der Waals surface area contributed by atoms with Crippen LogP contribution in [0.5, 0.6) is 0 Å². The number of anilines is 1. The van der Waals surface area contributed by atoms with Crippen LogP contribution < -0.4 is 4.72 Å². The predicted molar refractivity (Wildman–Crippen MR) is 70.9 cm³/mol. The Morgan fingerprint density at radius 1 is 1.25 bits per heavy atom. The van der Waals surface area contributed by atoms with Gasteiger partial charge < -0.3 is 0 Å². The number of hydrogen-bond acceptors (Lipinski definition) is 6. The van der Waals surface area contributed by atoms with Gasteiger partial charge in [-0.1, -0.05) is 17.7 Å². The lowest BCUT2D eigenvalue weighted by atomic mass is 10.3. The summed E-state index contributed by atoms with van der Waals surface area (Å²) in [4.78, 5) is 17.0. The van der Waals surface area contributed by atoms with Crippen molar-refractivity contribution in [2.45, 2.75) is 4.90 Å². The highest BCUT2D eigenvalue weighted by Crippen LogP contribution is 2.19. The van der Waals surface area contributed by atoms with Gasteiger partial charge in [0.1, 0.15) is 0 Å². The normalized spacial score (nSPS) is 11.1. The standard InChI is InChI=1S/C10H7ClN4O4S/c11-7-5-12-10(13-6-7)14-20(18,19)9-3-1-2-8(4-9)15(16)17/h1-6H,(H,12,13,14). The third kappa shape index (κ3) is 3.19. The van der Waals surface area contributed by atoms with Gasteiger partial charge in [-0.3, -0.25) is 10.1 Å². The minimum Gasteiger partial charge on any atom is -0.258 e. The molecule has 0 amide bonds. The molecule has 0 radical (unpaired) electrons. The minimum atomic E-state index is -4.00. The maximum atomic E-state index is 12.0. The molecule has 0 aliphatic carbocycles. The SMILES string of the molecule is O=[N+]([O-])c1cccc(S(=O)(=O)Nc2ncc(Cl)cn2)c1. The first-order valence-electron chi connectivity index (χ1n) is 5.13. The Bertz CT molecular complexity index is 748. The van der Waals surface area contributed by atoms with E-state index in [-0.39, 0.29) is 21.6 Å².